The molecule has 9 heteroatoms. The van der Waals surface area contributed by atoms with Crippen LogP contribution in [0.2, 0.25) is 36.3 Å². The molecule has 1 heterocycles. The fourth-order valence-electron chi connectivity index (χ4n) is 12.7. The highest BCUT2D eigenvalue weighted by molar-refractivity contribution is 6.74. The highest BCUT2D eigenvalue weighted by Gasteiger charge is 2.52. The second-order valence-corrected chi connectivity index (χ2v) is 42.5. The van der Waals surface area contributed by atoms with E-state index in [1.54, 1.807) is 0 Å². The summed E-state index contributed by atoms with van der Waals surface area (Å²) in [5.74, 6) is -0.487. The number of benzene rings is 5. The van der Waals surface area contributed by atoms with Gasteiger partial charge in [-0.25, -0.2) is 0 Å². The van der Waals surface area contributed by atoms with Crippen molar-refractivity contribution in [2.45, 2.75) is 301 Å². The maximum Gasteiger partial charge on any atom is 0.495 e. The fraction of sp³-hybridized carbons (Fsp3) is 0.613. The van der Waals surface area contributed by atoms with Crippen LogP contribution < -0.4 is 5.46 Å². The van der Waals surface area contributed by atoms with Crippen molar-refractivity contribution in [3.63, 3.8) is 0 Å². The molecule has 1 aliphatic heterocycles. The number of ether oxygens (including phenoxy) is 1. The summed E-state index contributed by atoms with van der Waals surface area (Å²) in [7, 11) is -2.63. The van der Waals surface area contributed by atoms with Crippen molar-refractivity contribution in [2.75, 3.05) is 7.11 Å². The molecular weight excluding hydrogens is 1120 g/mol. The Bertz CT molecular complexity index is 3130. The quantitative estimate of drug-likeness (QED) is 0.0508. The number of aryl methyl sites for hydroxylation is 6. The lowest BCUT2D eigenvalue weighted by atomic mass is 9.67. The van der Waals surface area contributed by atoms with Crippen molar-refractivity contribution in [2.24, 2.45) is 10.8 Å². The zero-order chi connectivity index (χ0) is 67.5. The van der Waals surface area contributed by atoms with Crippen LogP contribution in [0.4, 0.5) is 0 Å². The third-order valence-electron chi connectivity index (χ3n) is 22.4. The first-order chi connectivity index (χ1) is 40.8. The summed E-state index contributed by atoms with van der Waals surface area (Å²) in [6, 6.07) is 36.7. The van der Waals surface area contributed by atoms with Crippen LogP contribution in [0, 0.1) is 38.5 Å². The Morgan fingerprint density at radius 3 is 1.17 bits per heavy atom. The predicted octanol–water partition coefficient (Wildman–Crippen LogP) is 21.8. The minimum Gasteiger partial charge on any atom is -0.469 e. The van der Waals surface area contributed by atoms with E-state index < -0.39 is 16.6 Å². The van der Waals surface area contributed by atoms with Gasteiger partial charge < -0.3 is 22.9 Å². The highest BCUT2D eigenvalue weighted by Crippen LogP contribution is 2.46. The molecule has 5 aromatic rings. The molecule has 1 fully saturated rings. The van der Waals surface area contributed by atoms with E-state index >= 15 is 0 Å². The van der Waals surface area contributed by atoms with E-state index in [1.807, 2.05) is 19.1 Å². The number of carbonyl (C=O) groups excluding carboxylic acids is 1. The Morgan fingerprint density at radius 1 is 0.506 bits per heavy atom. The van der Waals surface area contributed by atoms with Gasteiger partial charge in [0.25, 0.3) is 0 Å². The van der Waals surface area contributed by atoms with E-state index in [0.717, 1.165) is 68.0 Å². The molecule has 0 amide bonds. The Hall–Kier alpha value is -4.09. The van der Waals surface area contributed by atoms with Gasteiger partial charge in [0.1, 0.15) is 0 Å². The van der Waals surface area contributed by atoms with Crippen molar-refractivity contribution in [3.05, 3.63) is 158 Å². The maximum atomic E-state index is 12.0. The first-order valence-corrected chi connectivity index (χ1v) is 40.0. The Balaban J connectivity index is 0.000000325. The summed E-state index contributed by atoms with van der Waals surface area (Å²) < 4.78 is 31.7. The van der Waals surface area contributed by atoms with Gasteiger partial charge in [-0.1, -0.05) is 213 Å². The lowest BCUT2D eigenvalue weighted by Gasteiger charge is -2.43. The topological polar surface area (TPSA) is 63.2 Å². The highest BCUT2D eigenvalue weighted by atomic mass is 28.4. The van der Waals surface area contributed by atoms with Crippen LogP contribution in [0.25, 0.3) is 11.1 Å². The minimum atomic E-state index is -1.87. The average Bonchev–Trinajstić information content (AvgIpc) is 1.72. The maximum absolute atomic E-state index is 12.0. The van der Waals surface area contributed by atoms with Crippen LogP contribution in [0.1, 0.15) is 251 Å². The van der Waals surface area contributed by atoms with Crippen LogP contribution in [0.5, 0.6) is 0 Å². The molecule has 0 bridgehead atoms. The van der Waals surface area contributed by atoms with Gasteiger partial charge in [0.2, 0.25) is 0 Å². The van der Waals surface area contributed by atoms with Gasteiger partial charge in [-0.05, 0) is 233 Å². The van der Waals surface area contributed by atoms with Crippen LogP contribution in [0.15, 0.2) is 97.1 Å². The van der Waals surface area contributed by atoms with Gasteiger partial charge in [-0.3, -0.25) is 4.79 Å². The lowest BCUT2D eigenvalue weighted by Crippen LogP contribution is -2.47. The smallest absolute Gasteiger partial charge is 0.469 e. The number of carbonyl (C=O) groups is 1. The van der Waals surface area contributed by atoms with Gasteiger partial charge in [0, 0.05) is 10.8 Å². The molecule has 492 valence electrons. The predicted molar refractivity (Wildman–Crippen MR) is 389 cm³/mol. The van der Waals surface area contributed by atoms with E-state index in [4.69, 9.17) is 22.9 Å². The summed E-state index contributed by atoms with van der Waals surface area (Å²) >= 11 is 0. The summed E-state index contributed by atoms with van der Waals surface area (Å²) in [5, 5.41) is 0.405. The van der Waals surface area contributed by atoms with Gasteiger partial charge in [0.15, 0.2) is 16.6 Å². The molecule has 0 radical (unpaired) electrons. The van der Waals surface area contributed by atoms with Gasteiger partial charge in [0.05, 0.1) is 36.4 Å². The van der Waals surface area contributed by atoms with Crippen LogP contribution in [-0.2, 0) is 51.4 Å². The average molecular weight is 1250 g/mol. The Labute approximate surface area is 548 Å². The molecule has 0 aromatic heterocycles. The fourth-order valence-corrected chi connectivity index (χ4v) is 15.8. The first-order valence-electron chi connectivity index (χ1n) is 34.1. The molecule has 3 atom stereocenters. The van der Waals surface area contributed by atoms with Crippen LogP contribution in [0.3, 0.4) is 0 Å². The van der Waals surface area contributed by atoms with Crippen molar-refractivity contribution in [3.8, 4) is 11.1 Å². The van der Waals surface area contributed by atoms with E-state index in [0.29, 0.717) is 0 Å². The summed E-state index contributed by atoms with van der Waals surface area (Å²) in [6.07, 6.45) is 8.77. The van der Waals surface area contributed by atoms with Gasteiger partial charge in [-0.15, -0.1) is 0 Å². The molecule has 0 aliphatic carbocycles. The number of esters is 1. The second-order valence-electron chi connectivity index (χ2n) is 33.0. The van der Waals surface area contributed by atoms with E-state index in [-0.39, 0.29) is 74.2 Å². The van der Waals surface area contributed by atoms with Crippen molar-refractivity contribution in [1.29, 1.82) is 0 Å². The first kappa shape index (κ1) is 75.6. The molecule has 0 N–H and O–H groups in total. The number of rotatable bonds is 22. The molecule has 0 spiro atoms. The Morgan fingerprint density at radius 2 is 0.854 bits per heavy atom. The zero-order valence-electron chi connectivity index (χ0n) is 62.2. The lowest BCUT2D eigenvalue weighted by molar-refractivity contribution is -0.142. The molecule has 89 heavy (non-hydrogen) atoms. The van der Waals surface area contributed by atoms with Crippen molar-refractivity contribution >= 4 is 35.2 Å². The van der Waals surface area contributed by atoms with Gasteiger partial charge >= 0.3 is 13.1 Å². The summed E-state index contributed by atoms with van der Waals surface area (Å²) in [5.41, 5.74) is 17.6. The molecule has 1 saturated heterocycles. The third kappa shape index (κ3) is 17.2. The normalized spacial score (nSPS) is 16.2. The molecule has 6 rings (SSSR count). The second kappa shape index (κ2) is 28.6. The molecule has 6 nitrogen and oxygen atoms in total. The van der Waals surface area contributed by atoms with Crippen molar-refractivity contribution < 1.29 is 27.7 Å². The van der Waals surface area contributed by atoms with Crippen LogP contribution in [-0.4, -0.2) is 60.2 Å². The van der Waals surface area contributed by atoms with E-state index in [9.17, 15) is 4.79 Å². The molecule has 2 unspecified atom stereocenters. The summed E-state index contributed by atoms with van der Waals surface area (Å²) in [4.78, 5) is 12.0. The zero-order valence-corrected chi connectivity index (χ0v) is 64.2. The van der Waals surface area contributed by atoms with Crippen LogP contribution >= 0.6 is 0 Å². The van der Waals surface area contributed by atoms with Gasteiger partial charge in [-0.2, -0.15) is 0 Å². The Kier molecular flexibility index (Phi) is 24.3. The molecular formula is C80H125BO6Si2. The number of hydrogen-bond donors (Lipinski definition) is 0. The SMILES string of the molecule is CCC(CC)(c1ccc(CCC(O[Si](C)(C)C(C)(C)C)C(C)(C)C)c(C)c1)c1ccc(-c2ccc([C@H](C)C(=O)OC)cc2)c(C)c1.CCC(CC)(c1ccc(CCC(O[Si](C)(C)C(C)(C)C)C(C)(C)C)c(C)c1)c1ccc(B2OC(C)(C)C(C)(C)O2)c(C)c1. The molecule has 1 aliphatic rings. The standard InChI is InChI=1S/C42H62O3Si.C38H63BO3Si/c1-15-42(16-2,36-24-25-37(30(4)28-36)34-19-17-33(18-20-34)31(5)39(43)44-12)35-23-21-32(29(3)27-35)22-26-38(40(6,7)8)45-46(13,14)41(9,10)11;1-17-38(18-2,31-22-23-32(28(4)26-31)39-41-36(11,12)37(13,14)42-39)30-21-19-29(27(3)25-30)20-24-33(34(5,6)7)40-43(15,16)35(8,9)10/h17-21,23-25,27-28,31,38H,15-16,22,26H2,1-14H3;19,21-23,25-26,33H,17-18,20,24H2,1-16H3/t31-,38?;/m0./s1. The van der Waals surface area contributed by atoms with E-state index in [2.05, 4.69) is 277 Å². The minimum absolute atomic E-state index is 0.0398. The summed E-state index contributed by atoms with van der Waals surface area (Å²) in [6.45, 7) is 66.1. The monoisotopic (exact) mass is 1250 g/mol. The van der Waals surface area contributed by atoms with Crippen molar-refractivity contribution in [1.82, 2.24) is 0 Å². The molecule has 5 aromatic carbocycles. The number of methoxy groups -OCH3 is 1. The number of hydrogen-bond acceptors (Lipinski definition) is 6. The van der Waals surface area contributed by atoms with E-state index in [1.165, 1.54) is 68.3 Å². The third-order valence-corrected chi connectivity index (χ3v) is 31.3. The largest absolute Gasteiger partial charge is 0.495 e. The molecule has 0 saturated carbocycles.